The maximum Gasteiger partial charge on any atom is 0.229 e. The molecule has 1 fully saturated rings. The molecule has 1 saturated carbocycles. The van der Waals surface area contributed by atoms with Crippen LogP contribution in [0.5, 0.6) is 0 Å². The van der Waals surface area contributed by atoms with Crippen molar-refractivity contribution >= 4 is 34.9 Å². The van der Waals surface area contributed by atoms with Crippen molar-refractivity contribution in [1.82, 2.24) is 15.3 Å². The second kappa shape index (κ2) is 7.78. The lowest BCUT2D eigenvalue weighted by Gasteiger charge is -2.15. The quantitative estimate of drug-likeness (QED) is 0.436. The number of aromatic nitrogens is 2. The molecule has 1 aliphatic rings. The molecule has 1 aliphatic carbocycles. The fraction of sp³-hybridized carbons (Fsp3) is 0.368. The van der Waals surface area contributed by atoms with E-state index in [1.807, 2.05) is 19.9 Å². The van der Waals surface area contributed by atoms with Crippen LogP contribution >= 0.6 is 12.2 Å². The summed E-state index contributed by atoms with van der Waals surface area (Å²) in [4.78, 5) is 13.5. The molecule has 26 heavy (non-hydrogen) atoms. The summed E-state index contributed by atoms with van der Waals surface area (Å²) in [6, 6.07) is 8.50. The highest BCUT2D eigenvalue weighted by Gasteiger charge is 2.22. The van der Waals surface area contributed by atoms with E-state index in [1.54, 1.807) is 0 Å². The third-order valence-corrected chi connectivity index (χ3v) is 3.99. The summed E-state index contributed by atoms with van der Waals surface area (Å²) in [5.41, 5.74) is 5.13. The minimum atomic E-state index is 0.333. The van der Waals surface area contributed by atoms with E-state index < -0.39 is 0 Å². The van der Waals surface area contributed by atoms with Crippen LogP contribution in [-0.4, -0.2) is 27.1 Å². The van der Waals surface area contributed by atoms with E-state index in [0.29, 0.717) is 23.1 Å². The van der Waals surface area contributed by atoms with Gasteiger partial charge in [0, 0.05) is 17.1 Å². The highest BCUT2D eigenvalue weighted by Crippen LogP contribution is 2.23. The van der Waals surface area contributed by atoms with Crippen LogP contribution in [0.2, 0.25) is 0 Å². The Kier molecular flexibility index (Phi) is 5.46. The zero-order valence-corrected chi connectivity index (χ0v) is 16.4. The number of hydrogen-bond donors (Lipinski definition) is 3. The smallest absolute Gasteiger partial charge is 0.229 e. The maximum absolute atomic E-state index is 5.46. The van der Waals surface area contributed by atoms with Gasteiger partial charge in [-0.25, -0.2) is 15.0 Å². The van der Waals surface area contributed by atoms with E-state index in [2.05, 4.69) is 63.0 Å². The first-order valence-corrected chi connectivity index (χ1v) is 9.11. The monoisotopic (exact) mass is 368 g/mol. The number of aryl methyl sites for hydroxylation is 4. The van der Waals surface area contributed by atoms with Crippen molar-refractivity contribution in [2.24, 2.45) is 4.99 Å². The zero-order valence-electron chi connectivity index (χ0n) is 15.6. The second-order valence-corrected chi connectivity index (χ2v) is 7.17. The molecule has 3 rings (SSSR count). The Morgan fingerprint density at radius 2 is 1.58 bits per heavy atom. The molecule has 7 heteroatoms. The third-order valence-electron chi connectivity index (χ3n) is 3.78. The van der Waals surface area contributed by atoms with Crippen molar-refractivity contribution in [2.75, 3.05) is 10.6 Å². The molecule has 0 spiro atoms. The Balaban J connectivity index is 1.71. The van der Waals surface area contributed by atoms with Crippen LogP contribution in [0.15, 0.2) is 29.3 Å². The topological polar surface area (TPSA) is 74.2 Å². The molecule has 1 aromatic heterocycles. The van der Waals surface area contributed by atoms with Gasteiger partial charge in [0.05, 0.1) is 6.04 Å². The first kappa shape index (κ1) is 18.3. The van der Waals surface area contributed by atoms with Gasteiger partial charge in [0.15, 0.2) is 5.11 Å². The molecule has 0 amide bonds. The number of nitrogens with zero attached hydrogens (tertiary/aromatic N) is 3. The largest absolute Gasteiger partial charge is 0.332 e. The Bertz CT molecular complexity index is 817. The molecule has 0 atom stereocenters. The number of rotatable bonds is 3. The predicted octanol–water partition coefficient (Wildman–Crippen LogP) is 3.63. The average Bonchev–Trinajstić information content (AvgIpc) is 3.28. The maximum atomic E-state index is 5.46. The van der Waals surface area contributed by atoms with Crippen molar-refractivity contribution < 1.29 is 0 Å². The van der Waals surface area contributed by atoms with Crippen LogP contribution in [0.1, 0.15) is 35.4 Å². The second-order valence-electron chi connectivity index (χ2n) is 6.76. The van der Waals surface area contributed by atoms with Crippen molar-refractivity contribution in [3.8, 4) is 0 Å². The fourth-order valence-electron chi connectivity index (χ4n) is 2.69. The average molecular weight is 369 g/mol. The van der Waals surface area contributed by atoms with Gasteiger partial charge in [-0.15, -0.1) is 0 Å². The van der Waals surface area contributed by atoms with Crippen LogP contribution in [0.25, 0.3) is 0 Å². The number of guanidine groups is 1. The molecule has 0 aliphatic heterocycles. The first-order chi connectivity index (χ1) is 12.4. The molecule has 1 aromatic carbocycles. The third kappa shape index (κ3) is 5.49. The van der Waals surface area contributed by atoms with Crippen LogP contribution < -0.4 is 16.0 Å². The lowest BCUT2D eigenvalue weighted by Crippen LogP contribution is -2.39. The molecule has 136 valence electrons. The minimum absolute atomic E-state index is 0.333. The zero-order chi connectivity index (χ0) is 18.7. The van der Waals surface area contributed by atoms with Crippen LogP contribution in [0.4, 0.5) is 11.6 Å². The number of anilines is 2. The normalized spacial score (nSPS) is 14.1. The van der Waals surface area contributed by atoms with Crippen molar-refractivity contribution in [2.45, 2.75) is 46.6 Å². The van der Waals surface area contributed by atoms with Gasteiger partial charge in [0.1, 0.15) is 0 Å². The van der Waals surface area contributed by atoms with Gasteiger partial charge in [-0.2, -0.15) is 0 Å². The molecule has 0 saturated heterocycles. The predicted molar refractivity (Wildman–Crippen MR) is 111 cm³/mol. The summed E-state index contributed by atoms with van der Waals surface area (Å²) in [5, 5.41) is 10.00. The van der Waals surface area contributed by atoms with Crippen LogP contribution in [0, 0.1) is 27.7 Å². The molecule has 0 radical (unpaired) electrons. The molecule has 6 nitrogen and oxygen atoms in total. The summed E-state index contributed by atoms with van der Waals surface area (Å²) in [5.74, 6) is 1.09. The summed E-state index contributed by atoms with van der Waals surface area (Å²) in [6.45, 7) is 8.01. The highest BCUT2D eigenvalue weighted by molar-refractivity contribution is 7.80. The Morgan fingerprint density at radius 1 is 0.962 bits per heavy atom. The summed E-state index contributed by atoms with van der Waals surface area (Å²) in [6.07, 6.45) is 2.19. The van der Waals surface area contributed by atoms with Crippen molar-refractivity contribution in [1.29, 1.82) is 0 Å². The molecule has 2 aromatic rings. The fourth-order valence-corrected chi connectivity index (χ4v) is 2.90. The molecule has 0 bridgehead atoms. The lowest BCUT2D eigenvalue weighted by molar-refractivity contribution is 1.02. The van der Waals surface area contributed by atoms with E-state index in [1.165, 1.54) is 11.1 Å². The summed E-state index contributed by atoms with van der Waals surface area (Å²) in [7, 11) is 0. The van der Waals surface area contributed by atoms with Crippen molar-refractivity contribution in [3.05, 3.63) is 46.8 Å². The van der Waals surface area contributed by atoms with E-state index in [9.17, 15) is 0 Å². The first-order valence-electron chi connectivity index (χ1n) is 8.71. The SMILES string of the molecule is Cc1cc(C)cc(NC(=S)NC(=NC2CC2)Nc2nc(C)cc(C)n2)c1. The van der Waals surface area contributed by atoms with Crippen LogP contribution in [-0.2, 0) is 0 Å². The summed E-state index contributed by atoms with van der Waals surface area (Å²) >= 11 is 5.46. The molecule has 3 N–H and O–H groups in total. The van der Waals surface area contributed by atoms with Gasteiger partial charge in [0.25, 0.3) is 0 Å². The van der Waals surface area contributed by atoms with E-state index in [4.69, 9.17) is 12.2 Å². The number of nitrogens with one attached hydrogen (secondary N) is 3. The van der Waals surface area contributed by atoms with Crippen molar-refractivity contribution in [3.63, 3.8) is 0 Å². The van der Waals surface area contributed by atoms with Gasteiger partial charge in [0.2, 0.25) is 11.9 Å². The Labute approximate surface area is 159 Å². The molecular weight excluding hydrogens is 344 g/mol. The summed E-state index contributed by atoms with van der Waals surface area (Å²) < 4.78 is 0. The molecule has 0 unspecified atom stereocenters. The van der Waals surface area contributed by atoms with Gasteiger partial charge < -0.3 is 10.6 Å². The Morgan fingerprint density at radius 3 is 2.15 bits per heavy atom. The van der Waals surface area contributed by atoms with Crippen LogP contribution in [0.3, 0.4) is 0 Å². The number of hydrogen-bond acceptors (Lipinski definition) is 4. The lowest BCUT2D eigenvalue weighted by atomic mass is 10.1. The minimum Gasteiger partial charge on any atom is -0.332 e. The number of aliphatic imine (C=N–C) groups is 1. The van der Waals surface area contributed by atoms with Gasteiger partial charge in [-0.1, -0.05) is 6.07 Å². The number of thiocarbonyl (C=S) groups is 1. The van der Waals surface area contributed by atoms with Gasteiger partial charge in [-0.05, 0) is 82.1 Å². The standard InChI is InChI=1S/C19H24N6S/c1-11-7-12(2)9-16(8-11)23-19(26)25-18(22-15-5-6-15)24-17-20-13(3)10-14(4)21-17/h7-10,15H,5-6H2,1-4H3,(H3,20,21,22,23,24,25,26). The van der Waals surface area contributed by atoms with E-state index in [0.717, 1.165) is 29.9 Å². The highest BCUT2D eigenvalue weighted by atomic mass is 32.1. The molecular formula is C19H24N6S. The van der Waals surface area contributed by atoms with E-state index >= 15 is 0 Å². The number of benzene rings is 1. The van der Waals surface area contributed by atoms with E-state index in [-0.39, 0.29) is 0 Å². The molecule has 1 heterocycles. The van der Waals surface area contributed by atoms with Gasteiger partial charge >= 0.3 is 0 Å². The van der Waals surface area contributed by atoms with Gasteiger partial charge in [-0.3, -0.25) is 5.32 Å². The Hall–Kier alpha value is -2.54.